The average molecular weight is 336 g/mol. The van der Waals surface area contributed by atoms with E-state index in [2.05, 4.69) is 4.72 Å². The van der Waals surface area contributed by atoms with Gasteiger partial charge in [-0.1, -0.05) is 11.6 Å². The number of halogens is 1. The van der Waals surface area contributed by atoms with Gasteiger partial charge in [-0.25, -0.2) is 17.9 Å². The van der Waals surface area contributed by atoms with E-state index in [1.807, 2.05) is 0 Å². The zero-order valence-corrected chi connectivity index (χ0v) is 13.5. The highest BCUT2D eigenvalue weighted by molar-refractivity contribution is 7.89. The van der Waals surface area contributed by atoms with Crippen LogP contribution in [0.15, 0.2) is 17.0 Å². The van der Waals surface area contributed by atoms with Gasteiger partial charge >= 0.3 is 5.97 Å². The maximum Gasteiger partial charge on any atom is 0.336 e. The lowest BCUT2D eigenvalue weighted by atomic mass is 10.1. The lowest BCUT2D eigenvalue weighted by molar-refractivity contribution is 0.0695. The van der Waals surface area contributed by atoms with E-state index < -0.39 is 28.1 Å². The molecule has 0 saturated heterocycles. The van der Waals surface area contributed by atoms with E-state index >= 15 is 0 Å². The molecule has 0 amide bonds. The van der Waals surface area contributed by atoms with Gasteiger partial charge in [-0.05, 0) is 44.9 Å². The van der Waals surface area contributed by atoms with Gasteiger partial charge in [-0.2, -0.15) is 0 Å². The number of aliphatic hydroxyl groups excluding tert-OH is 1. The highest BCUT2D eigenvalue weighted by Gasteiger charge is 2.24. The summed E-state index contributed by atoms with van der Waals surface area (Å²) in [5.41, 5.74) is -0.0466. The maximum atomic E-state index is 12.3. The van der Waals surface area contributed by atoms with Crippen LogP contribution in [0.3, 0.4) is 0 Å². The highest BCUT2D eigenvalue weighted by Crippen LogP contribution is 2.25. The van der Waals surface area contributed by atoms with E-state index in [-0.39, 0.29) is 27.5 Å². The normalized spacial score (nSPS) is 14.7. The van der Waals surface area contributed by atoms with Gasteiger partial charge in [0, 0.05) is 11.1 Å². The molecule has 2 unspecified atom stereocenters. The van der Waals surface area contributed by atoms with Crippen LogP contribution in [-0.2, 0) is 10.0 Å². The van der Waals surface area contributed by atoms with Crippen molar-refractivity contribution in [3.05, 3.63) is 28.3 Å². The molecule has 0 aliphatic carbocycles. The Hall–Kier alpha value is -1.15. The zero-order chi connectivity index (χ0) is 16.4. The second-order valence-corrected chi connectivity index (χ2v) is 7.11. The summed E-state index contributed by atoms with van der Waals surface area (Å²) in [6.45, 7) is 4.58. The first-order valence-electron chi connectivity index (χ1n) is 6.28. The molecule has 0 aromatic heterocycles. The van der Waals surface area contributed by atoms with Crippen LogP contribution >= 0.6 is 11.6 Å². The Morgan fingerprint density at radius 2 is 1.95 bits per heavy atom. The second kappa shape index (κ2) is 6.74. The Labute approximate surface area is 128 Å². The average Bonchev–Trinajstić information content (AvgIpc) is 2.29. The molecule has 0 saturated carbocycles. The number of rotatable bonds is 6. The van der Waals surface area contributed by atoms with Crippen molar-refractivity contribution in [3.63, 3.8) is 0 Å². The van der Waals surface area contributed by atoms with Crippen molar-refractivity contribution in [2.45, 2.75) is 44.2 Å². The van der Waals surface area contributed by atoms with Crippen LogP contribution in [0.5, 0.6) is 0 Å². The number of hydrogen-bond acceptors (Lipinski definition) is 4. The summed E-state index contributed by atoms with van der Waals surface area (Å²) >= 11 is 5.80. The van der Waals surface area contributed by atoms with Crippen molar-refractivity contribution in [1.82, 2.24) is 4.72 Å². The third-order valence-electron chi connectivity index (χ3n) is 2.90. The Bertz CT molecular complexity index is 642. The van der Waals surface area contributed by atoms with Crippen LogP contribution < -0.4 is 4.72 Å². The van der Waals surface area contributed by atoms with Gasteiger partial charge in [0.25, 0.3) is 0 Å². The van der Waals surface area contributed by atoms with Gasteiger partial charge in [0.15, 0.2) is 0 Å². The molecule has 6 nitrogen and oxygen atoms in total. The predicted molar refractivity (Wildman–Crippen MR) is 79.2 cm³/mol. The third-order valence-corrected chi connectivity index (χ3v) is 4.83. The van der Waals surface area contributed by atoms with Crippen LogP contribution in [0.25, 0.3) is 0 Å². The number of benzene rings is 1. The minimum Gasteiger partial charge on any atom is -0.478 e. The fourth-order valence-electron chi connectivity index (χ4n) is 2.04. The van der Waals surface area contributed by atoms with E-state index in [1.165, 1.54) is 19.1 Å². The number of aromatic carboxylic acids is 1. The lowest BCUT2D eigenvalue weighted by Gasteiger charge is -2.17. The van der Waals surface area contributed by atoms with Crippen LogP contribution in [0.4, 0.5) is 0 Å². The first-order valence-corrected chi connectivity index (χ1v) is 8.14. The number of hydrogen-bond donors (Lipinski definition) is 3. The van der Waals surface area contributed by atoms with Gasteiger partial charge in [-0.15, -0.1) is 0 Å². The molecule has 0 heterocycles. The molecule has 1 aromatic rings. The number of carbonyl (C=O) groups is 1. The molecule has 3 N–H and O–H groups in total. The Morgan fingerprint density at radius 1 is 1.38 bits per heavy atom. The van der Waals surface area contributed by atoms with Gasteiger partial charge < -0.3 is 10.2 Å². The molecule has 1 aromatic carbocycles. The highest BCUT2D eigenvalue weighted by atomic mass is 35.5. The standard InChI is InChI=1S/C13H18ClNO5S/c1-7(4-8(2)16)15-21(19,20)12-6-10(14)5-11(9(12)3)13(17)18/h5-8,15-16H,4H2,1-3H3,(H,17,18). The minimum atomic E-state index is -3.92. The van der Waals surface area contributed by atoms with E-state index in [9.17, 15) is 18.3 Å². The maximum absolute atomic E-state index is 12.3. The van der Waals surface area contributed by atoms with Gasteiger partial charge in [-0.3, -0.25) is 0 Å². The molecule has 0 aliphatic heterocycles. The molecular weight excluding hydrogens is 318 g/mol. The van der Waals surface area contributed by atoms with E-state index in [4.69, 9.17) is 16.7 Å². The topological polar surface area (TPSA) is 104 Å². The van der Waals surface area contributed by atoms with Crippen molar-refractivity contribution < 1.29 is 23.4 Å². The summed E-state index contributed by atoms with van der Waals surface area (Å²) in [6.07, 6.45) is -0.414. The quantitative estimate of drug-likeness (QED) is 0.735. The number of carboxylic acid groups (broad SMARTS) is 1. The number of carboxylic acids is 1. The van der Waals surface area contributed by atoms with Crippen LogP contribution in [0, 0.1) is 6.92 Å². The van der Waals surface area contributed by atoms with E-state index in [0.717, 1.165) is 0 Å². The van der Waals surface area contributed by atoms with Gasteiger partial charge in [0.1, 0.15) is 0 Å². The fourth-order valence-corrected chi connectivity index (χ4v) is 3.87. The van der Waals surface area contributed by atoms with Crippen LogP contribution in [0.2, 0.25) is 5.02 Å². The number of aliphatic hydroxyl groups is 1. The Balaban J connectivity index is 3.23. The minimum absolute atomic E-state index is 0.0292. The Morgan fingerprint density at radius 3 is 2.43 bits per heavy atom. The first-order chi connectivity index (χ1) is 9.54. The molecule has 2 atom stereocenters. The molecule has 0 spiro atoms. The predicted octanol–water partition coefficient (Wildman–Crippen LogP) is 1.78. The molecule has 0 fully saturated rings. The largest absolute Gasteiger partial charge is 0.478 e. The SMILES string of the molecule is Cc1c(C(=O)O)cc(Cl)cc1S(=O)(=O)NC(C)CC(C)O. The van der Waals surface area contributed by atoms with E-state index in [1.54, 1.807) is 13.8 Å². The van der Waals surface area contributed by atoms with Gasteiger partial charge in [0.05, 0.1) is 16.6 Å². The molecule has 0 aliphatic rings. The van der Waals surface area contributed by atoms with E-state index in [0.29, 0.717) is 0 Å². The summed E-state index contributed by atoms with van der Waals surface area (Å²) in [4.78, 5) is 10.9. The summed E-state index contributed by atoms with van der Waals surface area (Å²) < 4.78 is 27.1. The molecular formula is C13H18ClNO5S. The molecule has 21 heavy (non-hydrogen) atoms. The number of sulfonamides is 1. The first kappa shape index (κ1) is 17.9. The molecule has 0 radical (unpaired) electrons. The van der Waals surface area contributed by atoms with Crippen LogP contribution in [0.1, 0.15) is 36.2 Å². The monoisotopic (exact) mass is 335 g/mol. The zero-order valence-electron chi connectivity index (χ0n) is 11.9. The number of nitrogens with one attached hydrogen (secondary N) is 1. The molecule has 0 bridgehead atoms. The summed E-state index contributed by atoms with van der Waals surface area (Å²) in [7, 11) is -3.92. The lowest BCUT2D eigenvalue weighted by Crippen LogP contribution is -2.35. The summed E-state index contributed by atoms with van der Waals surface area (Å²) in [5.74, 6) is -1.25. The van der Waals surface area contributed by atoms with Crippen molar-refractivity contribution >= 4 is 27.6 Å². The summed E-state index contributed by atoms with van der Waals surface area (Å²) in [5, 5.41) is 18.4. The van der Waals surface area contributed by atoms with Crippen molar-refractivity contribution in [2.24, 2.45) is 0 Å². The van der Waals surface area contributed by atoms with Gasteiger partial charge in [0.2, 0.25) is 10.0 Å². The Kier molecular flexibility index (Phi) is 5.75. The molecule has 8 heteroatoms. The summed E-state index contributed by atoms with van der Waals surface area (Å²) in [6, 6.07) is 1.92. The van der Waals surface area contributed by atoms with Crippen molar-refractivity contribution in [1.29, 1.82) is 0 Å². The second-order valence-electron chi connectivity index (χ2n) is 4.99. The smallest absolute Gasteiger partial charge is 0.336 e. The van der Waals surface area contributed by atoms with Crippen molar-refractivity contribution in [2.75, 3.05) is 0 Å². The molecule has 1 rings (SSSR count). The van der Waals surface area contributed by atoms with Crippen molar-refractivity contribution in [3.8, 4) is 0 Å². The fraction of sp³-hybridized carbons (Fsp3) is 0.462. The van der Waals surface area contributed by atoms with Crippen LogP contribution in [-0.4, -0.2) is 36.7 Å². The molecule has 118 valence electrons. The third kappa shape index (κ3) is 4.67.